The lowest BCUT2D eigenvalue weighted by Crippen LogP contribution is -2.50. The topological polar surface area (TPSA) is 108 Å². The smallest absolute Gasteiger partial charge is 0.325 e. The third-order valence-corrected chi connectivity index (χ3v) is 5.64. The third-order valence-electron chi connectivity index (χ3n) is 4.63. The van der Waals surface area contributed by atoms with E-state index in [1.165, 1.54) is 6.26 Å². The molecule has 0 bridgehead atoms. The van der Waals surface area contributed by atoms with Crippen molar-refractivity contribution >= 4 is 51.6 Å². The maximum Gasteiger partial charge on any atom is 0.325 e. The number of aromatic nitrogens is 1. The molecule has 3 aromatic rings. The number of benzene rings is 1. The van der Waals surface area contributed by atoms with Crippen molar-refractivity contribution in [1.82, 2.24) is 14.8 Å². The van der Waals surface area contributed by atoms with Gasteiger partial charge in [0.25, 0.3) is 11.8 Å². The van der Waals surface area contributed by atoms with Gasteiger partial charge >= 0.3 is 6.03 Å². The summed E-state index contributed by atoms with van der Waals surface area (Å²) >= 11 is 6.98. The lowest BCUT2D eigenvalue weighted by atomic mass is 10.2. The van der Waals surface area contributed by atoms with Crippen LogP contribution in [-0.2, 0) is 0 Å². The Bertz CT molecular complexity index is 1080. The Morgan fingerprint density at radius 3 is 2.29 bits per heavy atom. The van der Waals surface area contributed by atoms with Crippen LogP contribution < -0.4 is 10.6 Å². The van der Waals surface area contributed by atoms with Crippen LogP contribution >= 0.6 is 22.9 Å². The van der Waals surface area contributed by atoms with E-state index in [-0.39, 0.29) is 23.3 Å². The molecule has 1 saturated heterocycles. The fourth-order valence-corrected chi connectivity index (χ4v) is 3.86. The molecule has 0 spiro atoms. The third kappa shape index (κ3) is 5.04. The summed E-state index contributed by atoms with van der Waals surface area (Å²) in [5.41, 5.74) is 0.828. The Morgan fingerprint density at radius 2 is 1.65 bits per heavy atom. The van der Waals surface area contributed by atoms with E-state index >= 15 is 0 Å². The molecule has 4 amide bonds. The second-order valence-corrected chi connectivity index (χ2v) is 7.98. The molecule has 1 fully saturated rings. The molecule has 4 rings (SSSR count). The Kier molecular flexibility index (Phi) is 6.19. The van der Waals surface area contributed by atoms with E-state index in [0.29, 0.717) is 42.0 Å². The standard InChI is InChI=1S/C20H18ClN5O4S/c21-13-3-5-14(6-4-13)22-19(29)24-20-23-15(12-31-20)17(27)25-7-9-26(10-8-25)18(28)16-2-1-11-30-16/h1-6,11-12H,7-10H2,(H2,22,23,24,29). The van der Waals surface area contributed by atoms with E-state index < -0.39 is 6.03 Å². The highest BCUT2D eigenvalue weighted by Gasteiger charge is 2.27. The Hall–Kier alpha value is -3.37. The number of nitrogens with zero attached hydrogens (tertiary/aromatic N) is 3. The summed E-state index contributed by atoms with van der Waals surface area (Å²) in [6.45, 7) is 1.60. The maximum atomic E-state index is 12.7. The van der Waals surface area contributed by atoms with E-state index in [1.807, 2.05) is 0 Å². The molecule has 1 aliphatic rings. The van der Waals surface area contributed by atoms with Crippen LogP contribution in [0, 0.1) is 0 Å². The lowest BCUT2D eigenvalue weighted by Gasteiger charge is -2.33. The van der Waals surface area contributed by atoms with Gasteiger partial charge in [-0.1, -0.05) is 11.6 Å². The van der Waals surface area contributed by atoms with Crippen LogP contribution in [0.1, 0.15) is 21.0 Å². The fraction of sp³-hybridized carbons (Fsp3) is 0.200. The van der Waals surface area contributed by atoms with Crippen LogP contribution in [0.3, 0.4) is 0 Å². The molecule has 1 aromatic carbocycles. The molecule has 0 atom stereocenters. The van der Waals surface area contributed by atoms with E-state index in [1.54, 1.807) is 51.6 Å². The molecule has 31 heavy (non-hydrogen) atoms. The first-order valence-corrected chi connectivity index (χ1v) is 10.7. The number of piperazine rings is 1. The Labute approximate surface area is 186 Å². The van der Waals surface area contributed by atoms with E-state index in [2.05, 4.69) is 15.6 Å². The van der Waals surface area contributed by atoms with Crippen LogP contribution in [0.25, 0.3) is 0 Å². The van der Waals surface area contributed by atoms with Crippen LogP contribution in [0.15, 0.2) is 52.5 Å². The normalized spacial score (nSPS) is 13.7. The summed E-state index contributed by atoms with van der Waals surface area (Å²) in [4.78, 5) is 44.7. The number of nitrogens with one attached hydrogen (secondary N) is 2. The highest BCUT2D eigenvalue weighted by atomic mass is 35.5. The zero-order chi connectivity index (χ0) is 21.8. The summed E-state index contributed by atoms with van der Waals surface area (Å²) < 4.78 is 5.14. The number of halogens is 1. The predicted octanol–water partition coefficient (Wildman–Crippen LogP) is 3.63. The second kappa shape index (κ2) is 9.19. The molecule has 3 heterocycles. The van der Waals surface area contributed by atoms with Crippen molar-refractivity contribution in [1.29, 1.82) is 0 Å². The number of urea groups is 1. The predicted molar refractivity (Wildman–Crippen MR) is 117 cm³/mol. The van der Waals surface area contributed by atoms with Gasteiger partial charge in [-0.2, -0.15) is 0 Å². The first-order valence-electron chi connectivity index (χ1n) is 9.41. The zero-order valence-corrected chi connectivity index (χ0v) is 17.8. The number of carbonyl (C=O) groups excluding carboxylic acids is 3. The minimum absolute atomic E-state index is 0.191. The van der Waals surface area contributed by atoms with Crippen LogP contribution in [0.5, 0.6) is 0 Å². The van der Waals surface area contributed by atoms with E-state index in [0.717, 1.165) is 11.3 Å². The maximum absolute atomic E-state index is 12.7. The van der Waals surface area contributed by atoms with Gasteiger partial charge in [-0.3, -0.25) is 14.9 Å². The lowest BCUT2D eigenvalue weighted by molar-refractivity contribution is 0.0515. The van der Waals surface area contributed by atoms with Gasteiger partial charge in [-0.05, 0) is 36.4 Å². The summed E-state index contributed by atoms with van der Waals surface area (Å²) in [5, 5.41) is 7.75. The minimum atomic E-state index is -0.472. The van der Waals surface area contributed by atoms with Gasteiger partial charge in [0.1, 0.15) is 5.69 Å². The van der Waals surface area contributed by atoms with Crippen molar-refractivity contribution in [3.05, 3.63) is 64.5 Å². The van der Waals surface area contributed by atoms with Crippen molar-refractivity contribution < 1.29 is 18.8 Å². The fourth-order valence-electron chi connectivity index (χ4n) is 3.05. The average Bonchev–Trinajstić information content (AvgIpc) is 3.47. The number of amides is 4. The number of hydrogen-bond acceptors (Lipinski definition) is 6. The van der Waals surface area contributed by atoms with Crippen LogP contribution in [0.4, 0.5) is 15.6 Å². The van der Waals surface area contributed by atoms with Crippen molar-refractivity contribution in [3.63, 3.8) is 0 Å². The first-order chi connectivity index (χ1) is 15.0. The molecule has 0 radical (unpaired) electrons. The van der Waals surface area contributed by atoms with Crippen molar-refractivity contribution in [2.45, 2.75) is 0 Å². The molecule has 0 saturated carbocycles. The number of thiazole rings is 1. The molecular formula is C20H18ClN5O4S. The quantitative estimate of drug-likeness (QED) is 0.619. The van der Waals surface area contributed by atoms with Crippen molar-refractivity contribution in [2.75, 3.05) is 36.8 Å². The van der Waals surface area contributed by atoms with Crippen LogP contribution in [-0.4, -0.2) is 58.8 Å². The molecule has 0 aliphatic carbocycles. The monoisotopic (exact) mass is 459 g/mol. The number of furan rings is 1. The summed E-state index contributed by atoms with van der Waals surface area (Å²) in [7, 11) is 0. The molecule has 11 heteroatoms. The van der Waals surface area contributed by atoms with E-state index in [9.17, 15) is 14.4 Å². The molecule has 2 aromatic heterocycles. The van der Waals surface area contributed by atoms with Gasteiger partial charge in [-0.25, -0.2) is 9.78 Å². The van der Waals surface area contributed by atoms with Gasteiger partial charge in [0, 0.05) is 42.3 Å². The Morgan fingerprint density at radius 1 is 0.968 bits per heavy atom. The highest BCUT2D eigenvalue weighted by molar-refractivity contribution is 7.14. The summed E-state index contributed by atoms with van der Waals surface area (Å²) in [6, 6.07) is 9.49. The van der Waals surface area contributed by atoms with Gasteiger partial charge in [-0.15, -0.1) is 11.3 Å². The number of anilines is 2. The number of rotatable bonds is 4. The SMILES string of the molecule is O=C(Nc1ccc(Cl)cc1)Nc1nc(C(=O)N2CCN(C(=O)c3ccco3)CC2)cs1. The van der Waals surface area contributed by atoms with Gasteiger partial charge in [0.2, 0.25) is 0 Å². The van der Waals surface area contributed by atoms with Crippen molar-refractivity contribution in [3.8, 4) is 0 Å². The average molecular weight is 460 g/mol. The highest BCUT2D eigenvalue weighted by Crippen LogP contribution is 2.19. The molecule has 1 aliphatic heterocycles. The van der Waals surface area contributed by atoms with Crippen LogP contribution in [0.2, 0.25) is 5.02 Å². The van der Waals surface area contributed by atoms with Gasteiger partial charge in [0.05, 0.1) is 6.26 Å². The molecule has 9 nitrogen and oxygen atoms in total. The van der Waals surface area contributed by atoms with Crippen molar-refractivity contribution in [2.24, 2.45) is 0 Å². The summed E-state index contributed by atoms with van der Waals surface area (Å²) in [5.74, 6) is -0.150. The number of hydrogen-bond donors (Lipinski definition) is 2. The zero-order valence-electron chi connectivity index (χ0n) is 16.2. The largest absolute Gasteiger partial charge is 0.459 e. The van der Waals surface area contributed by atoms with Gasteiger partial charge < -0.3 is 19.5 Å². The summed E-state index contributed by atoms with van der Waals surface area (Å²) in [6.07, 6.45) is 1.45. The molecule has 2 N–H and O–H groups in total. The first kappa shape index (κ1) is 20.9. The Balaban J connectivity index is 1.29. The minimum Gasteiger partial charge on any atom is -0.459 e. The second-order valence-electron chi connectivity index (χ2n) is 6.69. The van der Waals surface area contributed by atoms with E-state index in [4.69, 9.17) is 16.0 Å². The molecule has 160 valence electrons. The molecular weight excluding hydrogens is 442 g/mol. The molecule has 0 unspecified atom stereocenters. The van der Waals surface area contributed by atoms with Gasteiger partial charge in [0.15, 0.2) is 10.9 Å². The number of carbonyl (C=O) groups is 3.